The lowest BCUT2D eigenvalue weighted by Gasteiger charge is -2.20. The molecule has 1 fully saturated rings. The lowest BCUT2D eigenvalue weighted by molar-refractivity contribution is -0.118. The topological polar surface area (TPSA) is 58.6 Å². The highest BCUT2D eigenvalue weighted by atomic mass is 16.5. The number of para-hydroxylation sites is 2. The van der Waals surface area contributed by atoms with Gasteiger partial charge in [-0.15, -0.1) is 0 Å². The Morgan fingerprint density at radius 1 is 1.00 bits per heavy atom. The van der Waals surface area contributed by atoms with Crippen LogP contribution in [-0.4, -0.2) is 25.0 Å². The normalized spacial score (nSPS) is 13.8. The van der Waals surface area contributed by atoms with Crippen LogP contribution >= 0.6 is 0 Å². The molecule has 1 heterocycles. The summed E-state index contributed by atoms with van der Waals surface area (Å²) in [6.07, 6.45) is 1.39. The number of ether oxygens (including phenoxy) is 1. The molecular weight excluding hydrogens is 340 g/mol. The maximum atomic E-state index is 12.4. The molecular formula is C22H20N2O3. The number of fused-ring (bicyclic) bond motifs is 1. The van der Waals surface area contributed by atoms with Crippen molar-refractivity contribution in [3.8, 4) is 5.75 Å². The van der Waals surface area contributed by atoms with Crippen molar-refractivity contribution >= 4 is 34.0 Å². The highest BCUT2D eigenvalue weighted by Gasteiger charge is 2.24. The van der Waals surface area contributed by atoms with E-state index in [0.717, 1.165) is 22.9 Å². The summed E-state index contributed by atoms with van der Waals surface area (Å²) in [5.74, 6) is 0.471. The van der Waals surface area contributed by atoms with Gasteiger partial charge in [-0.25, -0.2) is 0 Å². The first kappa shape index (κ1) is 17.1. The van der Waals surface area contributed by atoms with Crippen LogP contribution in [0.1, 0.15) is 12.8 Å². The number of nitrogens with zero attached hydrogens (tertiary/aromatic N) is 1. The number of hydrogen-bond donors (Lipinski definition) is 1. The van der Waals surface area contributed by atoms with Crippen LogP contribution in [0.4, 0.5) is 11.4 Å². The van der Waals surface area contributed by atoms with Crippen molar-refractivity contribution < 1.29 is 14.3 Å². The number of anilines is 2. The summed E-state index contributed by atoms with van der Waals surface area (Å²) in [4.78, 5) is 26.1. The van der Waals surface area contributed by atoms with Crippen molar-refractivity contribution in [2.24, 2.45) is 0 Å². The van der Waals surface area contributed by atoms with E-state index in [4.69, 9.17) is 4.74 Å². The third-order valence-corrected chi connectivity index (χ3v) is 4.63. The third kappa shape index (κ3) is 3.77. The highest BCUT2D eigenvalue weighted by Crippen LogP contribution is 2.29. The summed E-state index contributed by atoms with van der Waals surface area (Å²) in [5.41, 5.74) is 1.36. The molecule has 1 aliphatic rings. The molecule has 1 N–H and O–H groups in total. The Morgan fingerprint density at radius 2 is 1.78 bits per heavy atom. The molecule has 136 valence electrons. The second kappa shape index (κ2) is 7.50. The Bertz CT molecular complexity index is 1000. The number of rotatable bonds is 5. The first-order chi connectivity index (χ1) is 13.2. The van der Waals surface area contributed by atoms with Crippen LogP contribution in [-0.2, 0) is 9.59 Å². The predicted octanol–water partition coefficient (Wildman–Crippen LogP) is 3.98. The van der Waals surface area contributed by atoms with E-state index >= 15 is 0 Å². The number of nitrogens with one attached hydrogen (secondary N) is 1. The molecule has 3 aromatic carbocycles. The summed E-state index contributed by atoms with van der Waals surface area (Å²) in [6.45, 7) is 0.583. The standard InChI is InChI=1S/C22H20N2O3/c25-21(15-27-18-12-11-16-6-1-2-7-17(16)14-18)23-19-8-3-4-9-20(19)24-13-5-10-22(24)26/h1-4,6-9,11-12,14H,5,10,13,15H2,(H,23,25). The van der Waals surface area contributed by atoms with Gasteiger partial charge in [-0.1, -0.05) is 42.5 Å². The van der Waals surface area contributed by atoms with E-state index < -0.39 is 0 Å². The van der Waals surface area contributed by atoms with Crippen LogP contribution in [0, 0.1) is 0 Å². The lowest BCUT2D eigenvalue weighted by atomic mass is 10.1. The molecule has 1 aliphatic heterocycles. The fourth-order valence-electron chi connectivity index (χ4n) is 3.31. The fraction of sp³-hybridized carbons (Fsp3) is 0.182. The molecule has 2 amide bonds. The zero-order chi connectivity index (χ0) is 18.6. The second-order valence-corrected chi connectivity index (χ2v) is 6.51. The van der Waals surface area contributed by atoms with Gasteiger partial charge in [-0.3, -0.25) is 9.59 Å². The number of benzene rings is 3. The van der Waals surface area contributed by atoms with Crippen LogP contribution in [0.3, 0.4) is 0 Å². The summed E-state index contributed by atoms with van der Waals surface area (Å²) in [7, 11) is 0. The first-order valence-electron chi connectivity index (χ1n) is 9.01. The molecule has 0 atom stereocenters. The van der Waals surface area contributed by atoms with E-state index in [1.807, 2.05) is 60.7 Å². The molecule has 27 heavy (non-hydrogen) atoms. The quantitative estimate of drug-likeness (QED) is 0.749. The molecule has 1 saturated heterocycles. The van der Waals surface area contributed by atoms with Crippen LogP contribution in [0.5, 0.6) is 5.75 Å². The van der Waals surface area contributed by atoms with Crippen molar-refractivity contribution in [3.05, 3.63) is 66.7 Å². The van der Waals surface area contributed by atoms with E-state index in [2.05, 4.69) is 5.32 Å². The molecule has 3 aromatic rings. The van der Waals surface area contributed by atoms with Gasteiger partial charge in [-0.05, 0) is 41.5 Å². The Hall–Kier alpha value is -3.34. The maximum absolute atomic E-state index is 12.4. The van der Waals surface area contributed by atoms with Crippen molar-refractivity contribution in [3.63, 3.8) is 0 Å². The van der Waals surface area contributed by atoms with Gasteiger partial charge >= 0.3 is 0 Å². The van der Waals surface area contributed by atoms with Gasteiger partial charge in [0.25, 0.3) is 5.91 Å². The monoisotopic (exact) mass is 360 g/mol. The minimum Gasteiger partial charge on any atom is -0.484 e. The minimum atomic E-state index is -0.262. The van der Waals surface area contributed by atoms with Gasteiger partial charge in [0.05, 0.1) is 11.4 Å². The van der Waals surface area contributed by atoms with Gasteiger partial charge in [0, 0.05) is 13.0 Å². The molecule has 4 rings (SSSR count). The van der Waals surface area contributed by atoms with Crippen molar-refractivity contribution in [1.29, 1.82) is 0 Å². The number of hydrogen-bond acceptors (Lipinski definition) is 3. The van der Waals surface area contributed by atoms with Gasteiger partial charge in [0.15, 0.2) is 6.61 Å². The number of carbonyl (C=O) groups excluding carboxylic acids is 2. The van der Waals surface area contributed by atoms with E-state index in [-0.39, 0.29) is 18.4 Å². The fourth-order valence-corrected chi connectivity index (χ4v) is 3.31. The van der Waals surface area contributed by atoms with Crippen LogP contribution in [0.15, 0.2) is 66.7 Å². The zero-order valence-electron chi connectivity index (χ0n) is 14.9. The Labute approximate surface area is 157 Å². The predicted molar refractivity (Wildman–Crippen MR) is 106 cm³/mol. The Morgan fingerprint density at radius 3 is 2.59 bits per heavy atom. The smallest absolute Gasteiger partial charge is 0.262 e. The summed E-state index contributed by atoms with van der Waals surface area (Å²) in [5, 5.41) is 5.04. The van der Waals surface area contributed by atoms with Gasteiger partial charge in [-0.2, -0.15) is 0 Å². The molecule has 0 unspecified atom stereocenters. The van der Waals surface area contributed by atoms with Gasteiger partial charge < -0.3 is 15.0 Å². The summed E-state index contributed by atoms with van der Waals surface area (Å²) in [6, 6.07) is 21.1. The van der Waals surface area contributed by atoms with Crippen LogP contribution < -0.4 is 15.0 Å². The maximum Gasteiger partial charge on any atom is 0.262 e. The first-order valence-corrected chi connectivity index (χ1v) is 9.01. The van der Waals surface area contributed by atoms with E-state index in [1.165, 1.54) is 0 Å². The average molecular weight is 360 g/mol. The lowest BCUT2D eigenvalue weighted by Crippen LogP contribution is -2.26. The summed E-state index contributed by atoms with van der Waals surface area (Å²) >= 11 is 0. The van der Waals surface area contributed by atoms with E-state index in [0.29, 0.717) is 24.4 Å². The molecule has 0 saturated carbocycles. The van der Waals surface area contributed by atoms with Crippen molar-refractivity contribution in [1.82, 2.24) is 0 Å². The third-order valence-electron chi connectivity index (χ3n) is 4.63. The van der Waals surface area contributed by atoms with E-state index in [9.17, 15) is 9.59 Å². The molecule has 0 bridgehead atoms. The van der Waals surface area contributed by atoms with Crippen molar-refractivity contribution in [2.75, 3.05) is 23.4 Å². The zero-order valence-corrected chi connectivity index (χ0v) is 14.9. The highest BCUT2D eigenvalue weighted by molar-refractivity contribution is 6.02. The van der Waals surface area contributed by atoms with Crippen LogP contribution in [0.25, 0.3) is 10.8 Å². The molecule has 5 nitrogen and oxygen atoms in total. The average Bonchev–Trinajstić information content (AvgIpc) is 3.12. The van der Waals surface area contributed by atoms with Gasteiger partial charge in [0.2, 0.25) is 5.91 Å². The SMILES string of the molecule is O=C(COc1ccc2ccccc2c1)Nc1ccccc1N1CCCC1=O. The second-order valence-electron chi connectivity index (χ2n) is 6.51. The molecule has 0 aromatic heterocycles. The number of carbonyl (C=O) groups is 2. The van der Waals surface area contributed by atoms with Crippen molar-refractivity contribution in [2.45, 2.75) is 12.8 Å². The van der Waals surface area contributed by atoms with E-state index in [1.54, 1.807) is 11.0 Å². The van der Waals surface area contributed by atoms with Gasteiger partial charge in [0.1, 0.15) is 5.75 Å². The van der Waals surface area contributed by atoms with Crippen LogP contribution in [0.2, 0.25) is 0 Å². The Balaban J connectivity index is 1.43. The summed E-state index contributed by atoms with van der Waals surface area (Å²) < 4.78 is 5.64. The number of amides is 2. The molecule has 0 spiro atoms. The largest absolute Gasteiger partial charge is 0.484 e. The molecule has 0 aliphatic carbocycles. The Kier molecular flexibility index (Phi) is 4.75. The minimum absolute atomic E-state index is 0.0871. The molecule has 5 heteroatoms. The molecule has 0 radical (unpaired) electrons.